The number of pyridine rings is 1. The quantitative estimate of drug-likeness (QED) is 0.667. The lowest BCUT2D eigenvalue weighted by Crippen LogP contribution is -2.35. The van der Waals surface area contributed by atoms with Crippen LogP contribution >= 0.6 is 0 Å². The molecular formula is C20H15F4N3O2. The summed E-state index contributed by atoms with van der Waals surface area (Å²) in [7, 11) is 0. The van der Waals surface area contributed by atoms with Gasteiger partial charge >= 0.3 is 6.18 Å². The minimum atomic E-state index is -4.67. The number of rotatable bonds is 4. The fraction of sp³-hybridized carbons (Fsp3) is 0.200. The molecule has 150 valence electrons. The lowest BCUT2D eigenvalue weighted by atomic mass is 10.1. The van der Waals surface area contributed by atoms with E-state index >= 15 is 0 Å². The number of halogens is 4. The molecule has 0 aliphatic carbocycles. The Morgan fingerprint density at radius 2 is 1.90 bits per heavy atom. The van der Waals surface area contributed by atoms with Crippen LogP contribution in [-0.2, 0) is 19.3 Å². The van der Waals surface area contributed by atoms with Crippen LogP contribution in [0.15, 0.2) is 48.7 Å². The van der Waals surface area contributed by atoms with Crippen molar-refractivity contribution in [3.05, 3.63) is 71.4 Å². The van der Waals surface area contributed by atoms with E-state index in [2.05, 4.69) is 10.3 Å². The molecule has 3 aromatic rings. The average Bonchev–Trinajstić information content (AvgIpc) is 3.11. The largest absolute Gasteiger partial charge is 0.487 e. The van der Waals surface area contributed by atoms with Crippen molar-refractivity contribution < 1.29 is 27.1 Å². The van der Waals surface area contributed by atoms with Gasteiger partial charge in [0.15, 0.2) is 0 Å². The van der Waals surface area contributed by atoms with E-state index < -0.39 is 17.6 Å². The van der Waals surface area contributed by atoms with Crippen LogP contribution < -0.4 is 10.1 Å². The number of aromatic nitrogens is 2. The Morgan fingerprint density at radius 1 is 1.10 bits per heavy atom. The van der Waals surface area contributed by atoms with Crippen LogP contribution in [0.1, 0.15) is 21.7 Å². The highest BCUT2D eigenvalue weighted by Gasteiger charge is 2.31. The van der Waals surface area contributed by atoms with E-state index in [0.29, 0.717) is 30.5 Å². The highest BCUT2D eigenvalue weighted by molar-refractivity contribution is 5.94. The second-order valence-electron chi connectivity index (χ2n) is 6.51. The maximum Gasteiger partial charge on any atom is 0.416 e. The van der Waals surface area contributed by atoms with E-state index in [0.717, 1.165) is 23.4 Å². The highest BCUT2D eigenvalue weighted by atomic mass is 19.4. The lowest BCUT2D eigenvalue weighted by Gasteiger charge is -2.18. The normalized spacial score (nSPS) is 13.7. The topological polar surface area (TPSA) is 56.2 Å². The number of ether oxygens (including phenoxy) is 1. The van der Waals surface area contributed by atoms with Crippen molar-refractivity contribution in [2.24, 2.45) is 0 Å². The van der Waals surface area contributed by atoms with Crippen LogP contribution in [0.25, 0.3) is 11.3 Å². The van der Waals surface area contributed by atoms with Crippen LogP contribution in [0.4, 0.5) is 17.6 Å². The Hall–Kier alpha value is -3.36. The number of alkyl halides is 3. The molecule has 3 heterocycles. The van der Waals surface area contributed by atoms with Gasteiger partial charge in [0.05, 0.1) is 11.3 Å². The number of carbonyl (C=O) groups excluding carboxylic acids is 1. The minimum absolute atomic E-state index is 0.136. The summed E-state index contributed by atoms with van der Waals surface area (Å²) < 4.78 is 59.2. The Bertz CT molecular complexity index is 1080. The molecule has 1 aromatic carbocycles. The Kier molecular flexibility index (Phi) is 4.73. The molecule has 0 atom stereocenters. The monoisotopic (exact) mass is 405 g/mol. The third kappa shape index (κ3) is 3.94. The molecule has 1 amide bonds. The van der Waals surface area contributed by atoms with Crippen LogP contribution in [-0.4, -0.2) is 22.0 Å². The molecule has 0 saturated heterocycles. The zero-order chi connectivity index (χ0) is 20.6. The molecule has 29 heavy (non-hydrogen) atoms. The van der Waals surface area contributed by atoms with Gasteiger partial charge in [0.2, 0.25) is 0 Å². The van der Waals surface area contributed by atoms with Gasteiger partial charge in [-0.15, -0.1) is 0 Å². The average molecular weight is 405 g/mol. The minimum Gasteiger partial charge on any atom is -0.487 e. The van der Waals surface area contributed by atoms with Crippen molar-refractivity contribution in [1.29, 1.82) is 0 Å². The highest BCUT2D eigenvalue weighted by Crippen LogP contribution is 2.32. The van der Waals surface area contributed by atoms with E-state index in [1.54, 1.807) is 24.4 Å². The molecule has 4 rings (SSSR count). The third-order valence-corrected chi connectivity index (χ3v) is 4.53. The molecule has 0 spiro atoms. The van der Waals surface area contributed by atoms with E-state index in [4.69, 9.17) is 4.74 Å². The number of nitrogens with one attached hydrogen (secondary N) is 1. The van der Waals surface area contributed by atoms with Crippen molar-refractivity contribution in [1.82, 2.24) is 14.9 Å². The van der Waals surface area contributed by atoms with Gasteiger partial charge in [0.25, 0.3) is 5.91 Å². The Labute approximate surface area is 162 Å². The summed E-state index contributed by atoms with van der Waals surface area (Å²) in [6.07, 6.45) is -3.12. The number of amides is 1. The molecule has 1 N–H and O–H groups in total. The molecule has 1 aliphatic rings. The Morgan fingerprint density at radius 3 is 2.69 bits per heavy atom. The summed E-state index contributed by atoms with van der Waals surface area (Å²) in [5.74, 6) is -1.41. The molecule has 2 aromatic heterocycles. The predicted molar refractivity (Wildman–Crippen MR) is 95.7 cm³/mol. The van der Waals surface area contributed by atoms with Crippen molar-refractivity contribution in [2.45, 2.75) is 19.3 Å². The molecule has 9 heteroatoms. The van der Waals surface area contributed by atoms with Crippen LogP contribution in [0, 0.1) is 5.82 Å². The SMILES string of the molecule is O=C1NCCn2c1ccc2-c1ccnc(COc2cc(F)cc(C(F)(F)F)c2)c1. The van der Waals surface area contributed by atoms with Crippen molar-refractivity contribution >= 4 is 5.91 Å². The first-order chi connectivity index (χ1) is 13.8. The summed E-state index contributed by atoms with van der Waals surface area (Å²) in [4.78, 5) is 16.1. The molecule has 0 fully saturated rings. The van der Waals surface area contributed by atoms with Gasteiger partial charge in [-0.2, -0.15) is 13.2 Å². The molecule has 0 unspecified atom stereocenters. The molecule has 0 saturated carbocycles. The van der Waals surface area contributed by atoms with Crippen molar-refractivity contribution in [3.8, 4) is 17.0 Å². The summed E-state index contributed by atoms with van der Waals surface area (Å²) in [5.41, 5.74) is 1.50. The molecule has 0 radical (unpaired) electrons. The summed E-state index contributed by atoms with van der Waals surface area (Å²) in [6, 6.07) is 9.09. The van der Waals surface area contributed by atoms with E-state index in [9.17, 15) is 22.4 Å². The number of nitrogens with zero attached hydrogens (tertiary/aromatic N) is 2. The van der Waals surface area contributed by atoms with Crippen molar-refractivity contribution in [3.63, 3.8) is 0 Å². The van der Waals surface area contributed by atoms with Gasteiger partial charge in [-0.05, 0) is 36.4 Å². The zero-order valence-corrected chi connectivity index (χ0v) is 15.0. The van der Waals surface area contributed by atoms with Gasteiger partial charge < -0.3 is 14.6 Å². The van der Waals surface area contributed by atoms with Gasteiger partial charge in [0.1, 0.15) is 23.9 Å². The fourth-order valence-corrected chi connectivity index (χ4v) is 3.21. The van der Waals surface area contributed by atoms with Gasteiger partial charge in [-0.3, -0.25) is 9.78 Å². The second-order valence-corrected chi connectivity index (χ2v) is 6.51. The first-order valence-electron chi connectivity index (χ1n) is 8.75. The lowest BCUT2D eigenvalue weighted by molar-refractivity contribution is -0.137. The fourth-order valence-electron chi connectivity index (χ4n) is 3.21. The summed E-state index contributed by atoms with van der Waals surface area (Å²) >= 11 is 0. The van der Waals surface area contributed by atoms with Crippen LogP contribution in [0.3, 0.4) is 0 Å². The van der Waals surface area contributed by atoms with E-state index in [-0.39, 0.29) is 18.3 Å². The second kappa shape index (κ2) is 7.23. The van der Waals surface area contributed by atoms with Gasteiger partial charge in [-0.1, -0.05) is 0 Å². The number of hydrogen-bond acceptors (Lipinski definition) is 3. The standard InChI is InChI=1S/C20H15F4N3O2/c21-14-8-13(20(22,23)24)9-16(10-14)29-11-15-7-12(3-4-25-15)17-1-2-18-19(28)26-5-6-27(17)18/h1-4,7-10H,5-6,11H2,(H,26,28). The predicted octanol–water partition coefficient (Wildman–Crippen LogP) is 4.03. The summed E-state index contributed by atoms with van der Waals surface area (Å²) in [6.45, 7) is 1.01. The first-order valence-corrected chi connectivity index (χ1v) is 8.75. The smallest absolute Gasteiger partial charge is 0.416 e. The Balaban J connectivity index is 1.55. The molecule has 5 nitrogen and oxygen atoms in total. The maximum absolute atomic E-state index is 13.5. The number of fused-ring (bicyclic) bond motifs is 1. The van der Waals surface area contributed by atoms with Crippen LogP contribution in [0.2, 0.25) is 0 Å². The van der Waals surface area contributed by atoms with E-state index in [1.165, 1.54) is 0 Å². The summed E-state index contributed by atoms with van der Waals surface area (Å²) in [5, 5.41) is 2.77. The number of hydrogen-bond donors (Lipinski definition) is 1. The molecule has 0 bridgehead atoms. The number of benzene rings is 1. The molecule has 1 aliphatic heterocycles. The number of carbonyl (C=O) groups is 1. The van der Waals surface area contributed by atoms with Gasteiger partial charge in [-0.25, -0.2) is 4.39 Å². The maximum atomic E-state index is 13.5. The first kappa shape index (κ1) is 19.0. The zero-order valence-electron chi connectivity index (χ0n) is 15.0. The van der Waals surface area contributed by atoms with Gasteiger partial charge in [0, 0.05) is 36.6 Å². The van der Waals surface area contributed by atoms with Crippen molar-refractivity contribution in [2.75, 3.05) is 6.54 Å². The van der Waals surface area contributed by atoms with Crippen LogP contribution in [0.5, 0.6) is 5.75 Å². The third-order valence-electron chi connectivity index (χ3n) is 4.53. The molecular weight excluding hydrogens is 390 g/mol. The van der Waals surface area contributed by atoms with E-state index in [1.807, 2.05) is 10.6 Å².